The average molecular weight is 1690 g/mol. The van der Waals surface area contributed by atoms with Crippen LogP contribution in [0, 0.1) is 23.3 Å². The van der Waals surface area contributed by atoms with Crippen molar-refractivity contribution in [2.75, 3.05) is 43.4 Å². The molecule has 120 heavy (non-hydrogen) atoms. The molecule has 1 saturated carbocycles. The number of hydrogen-bond donors (Lipinski definition) is 5. The Morgan fingerprint density at radius 2 is 0.775 bits per heavy atom. The molecule has 0 bridgehead atoms. The predicted molar refractivity (Wildman–Crippen MR) is 436 cm³/mol. The minimum atomic E-state index is -3.37. The minimum Gasteiger partial charge on any atom is -0.337 e. The van der Waals surface area contributed by atoms with Gasteiger partial charge in [-0.3, -0.25) is 23.9 Å². The Bertz CT molecular complexity index is 5410. The van der Waals surface area contributed by atoms with E-state index in [0.717, 1.165) is 69.7 Å². The lowest BCUT2D eigenvalue weighted by atomic mass is 9.96. The molecule has 5 fully saturated rings. The van der Waals surface area contributed by atoms with Crippen LogP contribution in [0.15, 0.2) is 169 Å². The molecule has 5 aliphatic rings. The second kappa shape index (κ2) is 39.5. The highest BCUT2D eigenvalue weighted by Crippen LogP contribution is 2.41. The standard InChI is InChI=1S/C23H26FN5O4S.C23H25FN4O4S.C20H27FN4O2.C19H23FN4O2/c1-34(31,32)28-18-10-8-15(9-11-18)22-26-23(33-27-22)20-7-4-12-29(20)21(30)14-17(25)13-16-5-2-3-6-19(16)24;1-33(30,31)18-8-4-7-16(13-18)22-26-23(32-27-22)20-10-5-11-28(20)21(29)14-17(25)12-15-6-2-3-9-19(15)24;1-20(2,3)19-23-18(27-24-19)16-9-6-10-25(16)17(26)12-14(22)11-13-7-4-5-8-15(13)21;20-15-5-2-1-4-13(15)10-14(21)11-17(25)24-9-3-6-16(24)19-22-18(23-26-19)12-7-8-12/h2-3,5-6,8-11,17,20,28H,4,7,12-14,25H2,1H3;2-4,6-9,13,17,20H,5,10-12,14,25H2,1H3;4-5,7-8,14,16H,6,9-12,22H2,1-3H3;1-2,4-5,12,14,16H,3,6-11,21H2/t2*17-,20+;2*14-,16+/m1111/s1. The van der Waals surface area contributed by atoms with E-state index in [1.807, 2.05) is 20.8 Å². The van der Waals surface area contributed by atoms with E-state index in [4.69, 9.17) is 41.0 Å². The summed E-state index contributed by atoms with van der Waals surface area (Å²) < 4.78 is 126. The predicted octanol–water partition coefficient (Wildman–Crippen LogP) is 11.6. The topological polar surface area (TPSA) is 421 Å². The summed E-state index contributed by atoms with van der Waals surface area (Å²) in [5.41, 5.74) is 27.9. The summed E-state index contributed by atoms with van der Waals surface area (Å²) in [5.74, 6) is 2.42. The van der Waals surface area contributed by atoms with Gasteiger partial charge in [0.15, 0.2) is 21.5 Å². The number of nitrogens with two attached hydrogens (primary N) is 4. The molecule has 4 amide bonds. The van der Waals surface area contributed by atoms with E-state index in [0.29, 0.717) is 132 Å². The van der Waals surface area contributed by atoms with Gasteiger partial charge in [0.05, 0.1) is 11.2 Å². The van der Waals surface area contributed by atoms with Gasteiger partial charge in [0, 0.05) is 110 Å². The molecule has 9 N–H and O–H groups in total. The zero-order valence-electron chi connectivity index (χ0n) is 67.5. The van der Waals surface area contributed by atoms with Crippen LogP contribution in [0.3, 0.4) is 0 Å². The fourth-order valence-electron chi connectivity index (χ4n) is 15.0. The molecule has 6 aromatic carbocycles. The molecule has 8 heterocycles. The summed E-state index contributed by atoms with van der Waals surface area (Å²) in [7, 11) is -6.74. The van der Waals surface area contributed by atoms with E-state index in [9.17, 15) is 53.6 Å². The molecule has 0 radical (unpaired) electrons. The fourth-order valence-corrected chi connectivity index (χ4v) is 16.3. The molecule has 8 atom stereocenters. The zero-order chi connectivity index (χ0) is 85.6. The van der Waals surface area contributed by atoms with Gasteiger partial charge in [0.25, 0.3) is 0 Å². The van der Waals surface area contributed by atoms with Gasteiger partial charge in [-0.2, -0.15) is 19.9 Å². The van der Waals surface area contributed by atoms with Crippen molar-refractivity contribution >= 4 is 49.2 Å². The molecular formula is C85H101F4N17O12S2. The van der Waals surface area contributed by atoms with Crippen LogP contribution >= 0.6 is 0 Å². The highest BCUT2D eigenvalue weighted by molar-refractivity contribution is 7.92. The first-order valence-electron chi connectivity index (χ1n) is 40.2. The number of rotatable bonds is 26. The van der Waals surface area contributed by atoms with Crippen molar-refractivity contribution in [1.82, 2.24) is 60.2 Å². The molecule has 0 spiro atoms. The van der Waals surface area contributed by atoms with E-state index < -0.39 is 44.0 Å². The zero-order valence-corrected chi connectivity index (χ0v) is 69.1. The highest BCUT2D eigenvalue weighted by Gasteiger charge is 2.40. The molecule has 15 rings (SSSR count). The van der Waals surface area contributed by atoms with Crippen LogP contribution < -0.4 is 27.7 Å². The summed E-state index contributed by atoms with van der Waals surface area (Å²) >= 11 is 0. The first-order chi connectivity index (χ1) is 57.3. The molecular weight excluding hydrogens is 1590 g/mol. The van der Waals surface area contributed by atoms with Crippen molar-refractivity contribution in [3.05, 3.63) is 226 Å². The van der Waals surface area contributed by atoms with Crippen molar-refractivity contribution in [1.29, 1.82) is 0 Å². The molecule has 4 aliphatic heterocycles. The average Bonchev–Trinajstić information content (AvgIpc) is 1.67. The van der Waals surface area contributed by atoms with Crippen LogP contribution in [0.2, 0.25) is 0 Å². The summed E-state index contributed by atoms with van der Waals surface area (Å²) in [4.78, 5) is 76.4. The third-order valence-corrected chi connectivity index (χ3v) is 23.0. The smallest absolute Gasteiger partial charge is 0.249 e. The fraction of sp³-hybridized carbons (Fsp3) is 0.435. The molecule has 35 heteroatoms. The highest BCUT2D eigenvalue weighted by atomic mass is 32.2. The monoisotopic (exact) mass is 1690 g/mol. The van der Waals surface area contributed by atoms with Crippen molar-refractivity contribution in [3.8, 4) is 22.8 Å². The maximum atomic E-state index is 13.9. The van der Waals surface area contributed by atoms with Gasteiger partial charge in [-0.25, -0.2) is 34.4 Å². The second-order valence-electron chi connectivity index (χ2n) is 32.2. The third-order valence-electron chi connectivity index (χ3n) is 21.3. The number of halogens is 4. The first-order valence-corrected chi connectivity index (χ1v) is 43.9. The van der Waals surface area contributed by atoms with Gasteiger partial charge in [0.2, 0.25) is 68.9 Å². The van der Waals surface area contributed by atoms with Crippen molar-refractivity contribution in [2.45, 2.75) is 201 Å². The van der Waals surface area contributed by atoms with Crippen LogP contribution in [0.1, 0.15) is 198 Å². The Balaban J connectivity index is 0.000000148. The van der Waals surface area contributed by atoms with Gasteiger partial charge in [-0.15, -0.1) is 0 Å². The number of sulfonamides is 1. The van der Waals surface area contributed by atoms with E-state index in [-0.39, 0.29) is 126 Å². The molecule has 4 aromatic heterocycles. The van der Waals surface area contributed by atoms with Gasteiger partial charge in [-0.1, -0.05) is 126 Å². The lowest BCUT2D eigenvalue weighted by Crippen LogP contribution is -2.36. The number of carbonyl (C=O) groups excluding carboxylic acids is 4. The van der Waals surface area contributed by atoms with Crippen LogP contribution in [0.4, 0.5) is 23.2 Å². The number of nitrogens with one attached hydrogen (secondary N) is 1. The van der Waals surface area contributed by atoms with E-state index in [1.165, 1.54) is 36.4 Å². The molecule has 1 aliphatic carbocycles. The number of amides is 4. The van der Waals surface area contributed by atoms with Gasteiger partial charge < -0.3 is 60.6 Å². The van der Waals surface area contributed by atoms with Gasteiger partial charge in [-0.05, 0) is 173 Å². The van der Waals surface area contributed by atoms with Crippen LogP contribution in [-0.2, 0) is 70.1 Å². The van der Waals surface area contributed by atoms with E-state index >= 15 is 0 Å². The molecule has 10 aromatic rings. The first kappa shape index (κ1) is 88.3. The van der Waals surface area contributed by atoms with E-state index in [1.54, 1.807) is 129 Å². The lowest BCUT2D eigenvalue weighted by molar-refractivity contribution is -0.133. The number of likely N-dealkylation sites (tertiary alicyclic amines) is 4. The van der Waals surface area contributed by atoms with Gasteiger partial charge >= 0.3 is 0 Å². The molecule has 29 nitrogen and oxygen atoms in total. The van der Waals surface area contributed by atoms with Gasteiger partial charge in [0.1, 0.15) is 47.4 Å². The lowest BCUT2D eigenvalue weighted by Gasteiger charge is -2.23. The summed E-state index contributed by atoms with van der Waals surface area (Å²) in [6.45, 7) is 8.44. The maximum absolute atomic E-state index is 13.9. The molecule has 638 valence electrons. The Morgan fingerprint density at radius 3 is 1.12 bits per heavy atom. The number of carbonyl (C=O) groups is 4. The maximum Gasteiger partial charge on any atom is 0.249 e. The van der Waals surface area contributed by atoms with Crippen molar-refractivity contribution in [2.24, 2.45) is 22.9 Å². The SMILES string of the molecule is CC(C)(C)c1noc([C@@H]2CCCN2C(=O)C[C@H](N)Cc2ccccc2F)n1.CS(=O)(=O)Nc1ccc(-c2noc([C@@H]3CCCN3C(=O)C[C@H](N)Cc3ccccc3F)n2)cc1.CS(=O)(=O)c1cccc(-c2noc([C@@H]3CCCN3C(=O)C[C@H](N)Cc3ccccc3F)n2)c1.N[C@@H](CC(=O)N1CCC[C@H]1c1nc(C2CC2)no1)Cc1ccccc1F. The van der Waals surface area contributed by atoms with Crippen LogP contribution in [-0.4, -0.2) is 163 Å². The normalized spacial score (nSPS) is 18.4. The number of hydrogen-bond acceptors (Lipinski definition) is 24. The number of anilines is 1. The number of sulfone groups is 1. The minimum absolute atomic E-state index is 0.0393. The molecule has 4 saturated heterocycles. The quantitative estimate of drug-likeness (QED) is 0.0314. The Kier molecular flexibility index (Phi) is 29.1. The van der Waals surface area contributed by atoms with Crippen LogP contribution in [0.25, 0.3) is 22.8 Å². The Labute approximate surface area is 693 Å². The third kappa shape index (κ3) is 23.8. The van der Waals surface area contributed by atoms with Crippen molar-refractivity contribution in [3.63, 3.8) is 0 Å². The van der Waals surface area contributed by atoms with Crippen LogP contribution in [0.5, 0.6) is 0 Å². The summed E-state index contributed by atoms with van der Waals surface area (Å²) in [5, 5.41) is 16.1. The largest absolute Gasteiger partial charge is 0.337 e. The van der Waals surface area contributed by atoms with Crippen molar-refractivity contribution < 1.29 is 71.7 Å². The summed E-state index contributed by atoms with van der Waals surface area (Å²) in [6.07, 6.45) is 12.4. The van der Waals surface area contributed by atoms with E-state index in [2.05, 4.69) is 45.3 Å². The molecule has 0 unspecified atom stereocenters. The Morgan fingerprint density at radius 1 is 0.433 bits per heavy atom. The number of nitrogens with zero attached hydrogens (tertiary/aromatic N) is 12. The summed E-state index contributed by atoms with van der Waals surface area (Å²) in [6, 6.07) is 35.7. The Hall–Kier alpha value is -11.0. The second-order valence-corrected chi connectivity index (χ2v) is 35.9. The number of benzene rings is 6. The number of aromatic nitrogens is 8.